The second-order valence-electron chi connectivity index (χ2n) is 7.83. The average molecular weight is 385 g/mol. The Bertz CT molecular complexity index is 811. The lowest BCUT2D eigenvalue weighted by molar-refractivity contribution is -0.123. The van der Waals surface area contributed by atoms with E-state index in [4.69, 9.17) is 14.2 Å². The molecule has 0 spiro atoms. The molecular formula is C22H27NO5. The Balaban J connectivity index is 1.39. The van der Waals surface area contributed by atoms with Gasteiger partial charge in [-0.1, -0.05) is 39.0 Å². The van der Waals surface area contributed by atoms with Gasteiger partial charge in [0.1, 0.15) is 5.75 Å². The SMILES string of the molecule is CC(C)(C)c1ccc(OCC(=O)NCCC(O)c2ccc3c(c2)OCO3)cc1. The number of hydrogen-bond acceptors (Lipinski definition) is 5. The molecule has 3 rings (SSSR count). The highest BCUT2D eigenvalue weighted by molar-refractivity contribution is 5.77. The Morgan fingerprint density at radius 1 is 1.14 bits per heavy atom. The second-order valence-corrected chi connectivity index (χ2v) is 7.83. The monoisotopic (exact) mass is 385 g/mol. The summed E-state index contributed by atoms with van der Waals surface area (Å²) >= 11 is 0. The van der Waals surface area contributed by atoms with Crippen LogP contribution in [0.5, 0.6) is 17.2 Å². The summed E-state index contributed by atoms with van der Waals surface area (Å²) in [5.74, 6) is 1.74. The Kier molecular flexibility index (Phi) is 6.09. The molecule has 28 heavy (non-hydrogen) atoms. The van der Waals surface area contributed by atoms with Crippen LogP contribution in [0.4, 0.5) is 0 Å². The molecule has 0 fully saturated rings. The fourth-order valence-electron chi connectivity index (χ4n) is 2.89. The molecule has 0 radical (unpaired) electrons. The molecule has 0 saturated carbocycles. The fourth-order valence-corrected chi connectivity index (χ4v) is 2.89. The molecule has 6 heteroatoms. The van der Waals surface area contributed by atoms with Gasteiger partial charge in [-0.05, 0) is 47.2 Å². The number of aliphatic hydroxyl groups is 1. The third-order valence-corrected chi connectivity index (χ3v) is 4.61. The van der Waals surface area contributed by atoms with Crippen molar-refractivity contribution in [2.75, 3.05) is 19.9 Å². The second kappa shape index (κ2) is 8.52. The predicted octanol–water partition coefficient (Wildman–Crippen LogP) is 3.33. The number of aliphatic hydroxyl groups excluding tert-OH is 1. The van der Waals surface area contributed by atoms with Gasteiger partial charge in [0.25, 0.3) is 5.91 Å². The van der Waals surface area contributed by atoms with E-state index < -0.39 is 6.10 Å². The van der Waals surface area contributed by atoms with E-state index in [1.54, 1.807) is 18.2 Å². The maximum Gasteiger partial charge on any atom is 0.257 e. The van der Waals surface area contributed by atoms with Crippen LogP contribution in [-0.2, 0) is 10.2 Å². The van der Waals surface area contributed by atoms with Gasteiger partial charge in [-0.3, -0.25) is 4.79 Å². The lowest BCUT2D eigenvalue weighted by Gasteiger charge is -2.19. The quantitative estimate of drug-likeness (QED) is 0.765. The third kappa shape index (κ3) is 5.16. The lowest BCUT2D eigenvalue weighted by Crippen LogP contribution is -2.30. The van der Waals surface area contributed by atoms with Crippen LogP contribution in [-0.4, -0.2) is 31.0 Å². The maximum absolute atomic E-state index is 12.0. The minimum absolute atomic E-state index is 0.0605. The molecule has 6 nitrogen and oxygen atoms in total. The normalized spacial score (nSPS) is 13.9. The molecule has 1 aliphatic rings. The number of nitrogens with one attached hydrogen (secondary N) is 1. The van der Waals surface area contributed by atoms with Crippen molar-refractivity contribution in [3.05, 3.63) is 53.6 Å². The topological polar surface area (TPSA) is 77.0 Å². The van der Waals surface area contributed by atoms with E-state index in [9.17, 15) is 9.90 Å². The zero-order valence-corrected chi connectivity index (χ0v) is 16.5. The first-order chi connectivity index (χ1) is 13.3. The van der Waals surface area contributed by atoms with E-state index in [1.165, 1.54) is 5.56 Å². The number of carbonyl (C=O) groups excluding carboxylic acids is 1. The minimum atomic E-state index is -0.694. The number of ether oxygens (including phenoxy) is 3. The van der Waals surface area contributed by atoms with Crippen molar-refractivity contribution in [2.24, 2.45) is 0 Å². The van der Waals surface area contributed by atoms with Gasteiger partial charge < -0.3 is 24.6 Å². The number of hydrogen-bond donors (Lipinski definition) is 2. The maximum atomic E-state index is 12.0. The van der Waals surface area contributed by atoms with E-state index in [0.29, 0.717) is 30.2 Å². The molecule has 1 unspecified atom stereocenters. The first-order valence-electron chi connectivity index (χ1n) is 9.40. The molecule has 1 aliphatic heterocycles. The summed E-state index contributed by atoms with van der Waals surface area (Å²) in [5, 5.41) is 13.0. The molecule has 0 aliphatic carbocycles. The van der Waals surface area contributed by atoms with Crippen molar-refractivity contribution in [3.8, 4) is 17.2 Å². The highest BCUT2D eigenvalue weighted by atomic mass is 16.7. The van der Waals surface area contributed by atoms with E-state index in [-0.39, 0.29) is 24.7 Å². The first-order valence-corrected chi connectivity index (χ1v) is 9.40. The van der Waals surface area contributed by atoms with Gasteiger partial charge in [-0.25, -0.2) is 0 Å². The molecule has 0 saturated heterocycles. The van der Waals surface area contributed by atoms with E-state index in [2.05, 4.69) is 26.1 Å². The van der Waals surface area contributed by atoms with Crippen molar-refractivity contribution in [1.82, 2.24) is 5.32 Å². The summed E-state index contributed by atoms with van der Waals surface area (Å²) < 4.78 is 16.1. The summed E-state index contributed by atoms with van der Waals surface area (Å²) in [7, 11) is 0. The number of amides is 1. The predicted molar refractivity (Wildman–Crippen MR) is 106 cm³/mol. The number of benzene rings is 2. The van der Waals surface area contributed by atoms with Gasteiger partial charge in [0.05, 0.1) is 6.10 Å². The number of fused-ring (bicyclic) bond motifs is 1. The number of rotatable bonds is 7. The highest BCUT2D eigenvalue weighted by Crippen LogP contribution is 2.34. The standard InChI is InChI=1S/C22H27NO5/c1-22(2,3)16-5-7-17(8-6-16)26-13-21(25)23-11-10-18(24)15-4-9-19-20(12-15)28-14-27-19/h4-9,12,18,24H,10-11,13-14H2,1-3H3,(H,23,25). The Morgan fingerprint density at radius 3 is 2.57 bits per heavy atom. The molecule has 2 N–H and O–H groups in total. The first kappa shape index (κ1) is 20.0. The third-order valence-electron chi connectivity index (χ3n) is 4.61. The fraction of sp³-hybridized carbons (Fsp3) is 0.409. The Hall–Kier alpha value is -2.73. The van der Waals surface area contributed by atoms with Crippen molar-refractivity contribution in [3.63, 3.8) is 0 Å². The summed E-state index contributed by atoms with van der Waals surface area (Å²) in [6.07, 6.45) is -0.299. The zero-order valence-electron chi connectivity index (χ0n) is 16.5. The van der Waals surface area contributed by atoms with Crippen LogP contribution in [0.1, 0.15) is 44.4 Å². The van der Waals surface area contributed by atoms with Crippen LogP contribution in [0, 0.1) is 0 Å². The Labute approximate surface area is 165 Å². The molecule has 1 atom stereocenters. The molecule has 0 bridgehead atoms. The molecular weight excluding hydrogens is 358 g/mol. The smallest absolute Gasteiger partial charge is 0.257 e. The highest BCUT2D eigenvalue weighted by Gasteiger charge is 2.17. The van der Waals surface area contributed by atoms with Gasteiger partial charge in [-0.15, -0.1) is 0 Å². The minimum Gasteiger partial charge on any atom is -0.484 e. The number of carbonyl (C=O) groups is 1. The summed E-state index contributed by atoms with van der Waals surface area (Å²) in [6.45, 7) is 6.93. The van der Waals surface area contributed by atoms with E-state index in [1.807, 2.05) is 24.3 Å². The van der Waals surface area contributed by atoms with Gasteiger partial charge >= 0.3 is 0 Å². The molecule has 150 valence electrons. The van der Waals surface area contributed by atoms with Crippen molar-refractivity contribution < 1.29 is 24.1 Å². The van der Waals surface area contributed by atoms with Gasteiger partial charge in [-0.2, -0.15) is 0 Å². The van der Waals surface area contributed by atoms with Crippen molar-refractivity contribution in [1.29, 1.82) is 0 Å². The average Bonchev–Trinajstić information content (AvgIpc) is 3.13. The van der Waals surface area contributed by atoms with E-state index in [0.717, 1.165) is 5.56 Å². The van der Waals surface area contributed by atoms with Crippen LogP contribution in [0.15, 0.2) is 42.5 Å². The summed E-state index contributed by atoms with van der Waals surface area (Å²) in [5.41, 5.74) is 2.02. The zero-order chi connectivity index (χ0) is 20.1. The van der Waals surface area contributed by atoms with Crippen LogP contribution in [0.3, 0.4) is 0 Å². The molecule has 0 aromatic heterocycles. The van der Waals surface area contributed by atoms with Crippen LogP contribution >= 0.6 is 0 Å². The van der Waals surface area contributed by atoms with Crippen molar-refractivity contribution >= 4 is 5.91 Å². The molecule has 1 heterocycles. The van der Waals surface area contributed by atoms with Gasteiger partial charge in [0.2, 0.25) is 6.79 Å². The summed E-state index contributed by atoms with van der Waals surface area (Å²) in [6, 6.07) is 13.1. The summed E-state index contributed by atoms with van der Waals surface area (Å²) in [4.78, 5) is 12.0. The lowest BCUT2D eigenvalue weighted by atomic mass is 9.87. The largest absolute Gasteiger partial charge is 0.484 e. The van der Waals surface area contributed by atoms with Gasteiger partial charge in [0.15, 0.2) is 18.1 Å². The molecule has 2 aromatic rings. The molecule has 1 amide bonds. The Morgan fingerprint density at radius 2 is 1.86 bits per heavy atom. The van der Waals surface area contributed by atoms with Crippen molar-refractivity contribution in [2.45, 2.75) is 38.7 Å². The van der Waals surface area contributed by atoms with Crippen LogP contribution < -0.4 is 19.5 Å². The van der Waals surface area contributed by atoms with E-state index >= 15 is 0 Å². The van der Waals surface area contributed by atoms with Gasteiger partial charge in [0, 0.05) is 6.54 Å². The molecule has 2 aromatic carbocycles. The van der Waals surface area contributed by atoms with Crippen LogP contribution in [0.25, 0.3) is 0 Å². The van der Waals surface area contributed by atoms with Crippen LogP contribution in [0.2, 0.25) is 0 Å².